The van der Waals surface area contributed by atoms with Crippen molar-refractivity contribution in [3.8, 4) is 0 Å². The Labute approximate surface area is 148 Å². The second-order valence-electron chi connectivity index (χ2n) is 6.56. The molecule has 0 spiro atoms. The predicted octanol–water partition coefficient (Wildman–Crippen LogP) is 2.67. The van der Waals surface area contributed by atoms with Crippen LogP contribution in [-0.2, 0) is 19.7 Å². The van der Waals surface area contributed by atoms with E-state index >= 15 is 0 Å². The van der Waals surface area contributed by atoms with Gasteiger partial charge in [0.1, 0.15) is 0 Å². The minimum absolute atomic E-state index is 0.0322. The summed E-state index contributed by atoms with van der Waals surface area (Å²) in [6, 6.07) is 8.94. The zero-order valence-corrected chi connectivity index (χ0v) is 14.8. The van der Waals surface area contributed by atoms with Crippen LogP contribution in [0.5, 0.6) is 0 Å². The van der Waals surface area contributed by atoms with Crippen LogP contribution in [0.25, 0.3) is 0 Å². The topological polar surface area (TPSA) is 84.5 Å². The predicted molar refractivity (Wildman–Crippen MR) is 94.0 cm³/mol. The summed E-state index contributed by atoms with van der Waals surface area (Å²) in [5.41, 5.74) is 0.244. The van der Waals surface area contributed by atoms with E-state index in [1.807, 2.05) is 44.2 Å². The van der Waals surface area contributed by atoms with Crippen LogP contribution in [0.15, 0.2) is 30.3 Å². The molecule has 0 saturated heterocycles. The highest BCUT2D eigenvalue weighted by Gasteiger charge is 2.44. The normalized spacial score (nSPS) is 16.7. The molecule has 0 radical (unpaired) electrons. The van der Waals surface area contributed by atoms with Gasteiger partial charge in [-0.1, -0.05) is 50.1 Å². The molecule has 1 atom stereocenters. The van der Waals surface area contributed by atoms with Gasteiger partial charge in [-0.05, 0) is 31.7 Å². The Bertz CT molecular complexity index is 609. The number of esters is 1. The molecule has 1 aromatic carbocycles. The van der Waals surface area contributed by atoms with Crippen molar-refractivity contribution < 1.29 is 19.1 Å². The number of carbonyl (C=O) groups is 3. The summed E-state index contributed by atoms with van der Waals surface area (Å²) in [6.07, 6.45) is 4.09. The van der Waals surface area contributed by atoms with Gasteiger partial charge in [0.25, 0.3) is 5.91 Å². The third kappa shape index (κ3) is 4.81. The Hall–Kier alpha value is -2.37. The van der Waals surface area contributed by atoms with Crippen molar-refractivity contribution in [2.24, 2.45) is 0 Å². The van der Waals surface area contributed by atoms with Crippen molar-refractivity contribution in [1.82, 2.24) is 10.6 Å². The molecule has 1 aliphatic carbocycles. The first kappa shape index (κ1) is 19.0. The van der Waals surface area contributed by atoms with Gasteiger partial charge in [-0.25, -0.2) is 4.79 Å². The molecule has 2 rings (SSSR count). The highest BCUT2D eigenvalue weighted by atomic mass is 16.5. The molecule has 0 heterocycles. The summed E-state index contributed by atoms with van der Waals surface area (Å²) in [7, 11) is 0. The molecule has 6 heteroatoms. The van der Waals surface area contributed by atoms with Crippen molar-refractivity contribution in [3.63, 3.8) is 0 Å². The number of carbonyl (C=O) groups excluding carboxylic acids is 3. The summed E-state index contributed by atoms with van der Waals surface area (Å²) < 4.78 is 5.25. The molecule has 25 heavy (non-hydrogen) atoms. The van der Waals surface area contributed by atoms with E-state index in [2.05, 4.69) is 10.6 Å². The summed E-state index contributed by atoms with van der Waals surface area (Å²) in [5, 5.41) is 4.80. The fourth-order valence-corrected chi connectivity index (χ4v) is 3.14. The van der Waals surface area contributed by atoms with Gasteiger partial charge in [0.05, 0.1) is 5.41 Å². The van der Waals surface area contributed by atoms with Crippen molar-refractivity contribution in [3.05, 3.63) is 35.9 Å². The number of benzene rings is 1. The second kappa shape index (κ2) is 8.65. The molecule has 6 nitrogen and oxygen atoms in total. The smallest absolute Gasteiger partial charge is 0.321 e. The minimum Gasteiger partial charge on any atom is -0.455 e. The average Bonchev–Trinajstić information content (AvgIpc) is 3.11. The lowest BCUT2D eigenvalue weighted by atomic mass is 9.79. The quantitative estimate of drug-likeness (QED) is 0.776. The first-order chi connectivity index (χ1) is 12.0. The highest BCUT2D eigenvalue weighted by Crippen LogP contribution is 2.42. The molecule has 136 valence electrons. The standard InChI is InChI=1S/C19H26N2O4/c1-3-14(2)20-18(24)21-16(22)13-25-17(23)19(11-7-8-12-19)15-9-5-4-6-10-15/h4-6,9-10,14H,3,7-8,11-13H2,1-2H3,(H2,20,21,22,24)/t14-/m1/s1. The van der Waals surface area contributed by atoms with E-state index < -0.39 is 29.9 Å². The van der Waals surface area contributed by atoms with Crippen LogP contribution in [0.1, 0.15) is 51.5 Å². The third-order valence-corrected chi connectivity index (χ3v) is 4.75. The maximum atomic E-state index is 12.7. The van der Waals surface area contributed by atoms with Crippen LogP contribution in [0, 0.1) is 0 Å². The number of amides is 3. The van der Waals surface area contributed by atoms with Gasteiger partial charge in [0, 0.05) is 6.04 Å². The van der Waals surface area contributed by atoms with E-state index in [0.29, 0.717) is 12.8 Å². The van der Waals surface area contributed by atoms with E-state index in [-0.39, 0.29) is 6.04 Å². The molecule has 2 N–H and O–H groups in total. The van der Waals surface area contributed by atoms with Crippen LogP contribution in [0.4, 0.5) is 4.79 Å². The number of urea groups is 1. The number of rotatable bonds is 6. The molecule has 1 aromatic rings. The van der Waals surface area contributed by atoms with E-state index in [1.165, 1.54) is 0 Å². The third-order valence-electron chi connectivity index (χ3n) is 4.75. The molecular weight excluding hydrogens is 320 g/mol. The van der Waals surface area contributed by atoms with Gasteiger partial charge in [-0.15, -0.1) is 0 Å². The fraction of sp³-hybridized carbons (Fsp3) is 0.526. The Kier molecular flexibility index (Phi) is 6.56. The molecule has 1 aliphatic rings. The first-order valence-electron chi connectivity index (χ1n) is 8.81. The van der Waals surface area contributed by atoms with Crippen molar-refractivity contribution in [2.45, 2.75) is 57.4 Å². The summed E-state index contributed by atoms with van der Waals surface area (Å²) in [6.45, 7) is 3.31. The molecule has 0 aromatic heterocycles. The molecule has 3 amide bonds. The molecule has 1 saturated carbocycles. The van der Waals surface area contributed by atoms with Gasteiger partial charge >= 0.3 is 12.0 Å². The minimum atomic E-state index is -0.680. The number of ether oxygens (including phenoxy) is 1. The van der Waals surface area contributed by atoms with Crippen molar-refractivity contribution in [1.29, 1.82) is 0 Å². The second-order valence-corrected chi connectivity index (χ2v) is 6.56. The molecule has 0 bridgehead atoms. The zero-order valence-electron chi connectivity index (χ0n) is 14.8. The highest BCUT2D eigenvalue weighted by molar-refractivity contribution is 5.96. The number of imide groups is 1. The van der Waals surface area contributed by atoms with Gasteiger partial charge in [-0.3, -0.25) is 14.9 Å². The van der Waals surface area contributed by atoms with Gasteiger partial charge < -0.3 is 10.1 Å². The zero-order chi connectivity index (χ0) is 18.3. The maximum Gasteiger partial charge on any atom is 0.321 e. The van der Waals surface area contributed by atoms with Crippen LogP contribution >= 0.6 is 0 Å². The Morgan fingerprint density at radius 2 is 1.80 bits per heavy atom. The molecule has 0 unspecified atom stereocenters. The van der Waals surface area contributed by atoms with Crippen LogP contribution in [-0.4, -0.2) is 30.6 Å². The molecular formula is C19H26N2O4. The van der Waals surface area contributed by atoms with Crippen LogP contribution in [0.2, 0.25) is 0 Å². The summed E-state index contributed by atoms with van der Waals surface area (Å²) in [5.74, 6) is -1.02. The Morgan fingerprint density at radius 3 is 2.40 bits per heavy atom. The summed E-state index contributed by atoms with van der Waals surface area (Å²) >= 11 is 0. The van der Waals surface area contributed by atoms with E-state index in [0.717, 1.165) is 24.8 Å². The van der Waals surface area contributed by atoms with Gasteiger partial charge in [0.15, 0.2) is 6.61 Å². The Morgan fingerprint density at radius 1 is 1.16 bits per heavy atom. The number of nitrogens with one attached hydrogen (secondary N) is 2. The summed E-state index contributed by atoms with van der Waals surface area (Å²) in [4.78, 5) is 36.1. The van der Waals surface area contributed by atoms with E-state index in [4.69, 9.17) is 4.74 Å². The van der Waals surface area contributed by atoms with E-state index in [1.54, 1.807) is 0 Å². The molecule has 1 fully saturated rings. The monoisotopic (exact) mass is 346 g/mol. The van der Waals surface area contributed by atoms with E-state index in [9.17, 15) is 14.4 Å². The lowest BCUT2D eigenvalue weighted by molar-refractivity contribution is -0.154. The average molecular weight is 346 g/mol. The van der Waals surface area contributed by atoms with Crippen molar-refractivity contribution in [2.75, 3.05) is 6.61 Å². The van der Waals surface area contributed by atoms with Crippen LogP contribution < -0.4 is 10.6 Å². The fourth-order valence-electron chi connectivity index (χ4n) is 3.14. The van der Waals surface area contributed by atoms with Gasteiger partial charge in [0.2, 0.25) is 0 Å². The number of hydrogen-bond donors (Lipinski definition) is 2. The Balaban J connectivity index is 1.92. The lowest BCUT2D eigenvalue weighted by Crippen LogP contribution is -2.45. The molecule has 0 aliphatic heterocycles. The maximum absolute atomic E-state index is 12.7. The largest absolute Gasteiger partial charge is 0.455 e. The van der Waals surface area contributed by atoms with Gasteiger partial charge in [-0.2, -0.15) is 0 Å². The van der Waals surface area contributed by atoms with Crippen molar-refractivity contribution >= 4 is 17.9 Å². The lowest BCUT2D eigenvalue weighted by Gasteiger charge is -2.27. The first-order valence-corrected chi connectivity index (χ1v) is 8.81. The number of hydrogen-bond acceptors (Lipinski definition) is 4. The van der Waals surface area contributed by atoms with Crippen LogP contribution in [0.3, 0.4) is 0 Å². The SMILES string of the molecule is CC[C@@H](C)NC(=O)NC(=O)COC(=O)C1(c2ccccc2)CCCC1.